The quantitative estimate of drug-likeness (QED) is 0.0529. The fraction of sp³-hybridized carbons (Fsp3) is 0.917. The van der Waals surface area contributed by atoms with Crippen molar-refractivity contribution in [2.75, 3.05) is 79.3 Å². The predicted molar refractivity (Wildman–Crippen MR) is 182 cm³/mol. The fourth-order valence-electron chi connectivity index (χ4n) is 4.74. The van der Waals surface area contributed by atoms with Gasteiger partial charge in [-0.1, -0.05) is 96.8 Å². The second-order valence-electron chi connectivity index (χ2n) is 11.8. The molecule has 0 spiro atoms. The molecule has 0 atom stereocenters. The summed E-state index contributed by atoms with van der Waals surface area (Å²) in [4.78, 5) is 33.8. The summed E-state index contributed by atoms with van der Waals surface area (Å²) in [5.41, 5.74) is 0. The lowest BCUT2D eigenvalue weighted by Gasteiger charge is -2.08. The molecular weight excluding hydrogens is 608 g/mol. The number of rotatable bonds is 39. The van der Waals surface area contributed by atoms with Gasteiger partial charge in [0.05, 0.1) is 66.1 Å². The second kappa shape index (κ2) is 38.7. The number of ether oxygens (including phenoxy) is 7. The van der Waals surface area contributed by atoms with Crippen LogP contribution in [0.15, 0.2) is 0 Å². The molecule has 0 aliphatic carbocycles. The molecule has 0 heterocycles. The smallest absolute Gasteiger partial charge is 0.305 e. The zero-order valence-electron chi connectivity index (χ0n) is 29.7. The Morgan fingerprint density at radius 1 is 0.362 bits per heavy atom. The number of hydrogen-bond acceptors (Lipinski definition) is 10. The lowest BCUT2D eigenvalue weighted by molar-refractivity contribution is -0.146. The topological polar surface area (TPSA) is 136 Å². The van der Waals surface area contributed by atoms with Gasteiger partial charge in [-0.25, -0.2) is 0 Å². The molecule has 11 nitrogen and oxygen atoms in total. The Kier molecular flexibility index (Phi) is 37.2. The minimum absolute atomic E-state index is 0.0619. The number of carbonyl (C=O) groups excluding carboxylic acids is 2. The third-order valence-corrected chi connectivity index (χ3v) is 7.48. The van der Waals surface area contributed by atoms with Gasteiger partial charge in [0.15, 0.2) is 0 Å². The molecule has 0 aliphatic heterocycles. The van der Waals surface area contributed by atoms with Crippen molar-refractivity contribution in [3.63, 3.8) is 0 Å². The van der Waals surface area contributed by atoms with Gasteiger partial charge in [-0.2, -0.15) is 0 Å². The average molecular weight is 677 g/mol. The van der Waals surface area contributed by atoms with Crippen LogP contribution in [0, 0.1) is 0 Å². The number of carboxylic acid groups (broad SMARTS) is 1. The van der Waals surface area contributed by atoms with E-state index >= 15 is 0 Å². The van der Waals surface area contributed by atoms with Crippen LogP contribution in [0.25, 0.3) is 0 Å². The molecule has 0 unspecified atom stereocenters. The first-order valence-corrected chi connectivity index (χ1v) is 18.5. The van der Waals surface area contributed by atoms with Crippen molar-refractivity contribution >= 4 is 17.9 Å². The average Bonchev–Trinajstić information content (AvgIpc) is 3.05. The normalized spacial score (nSPS) is 11.2. The lowest BCUT2D eigenvalue weighted by atomic mass is 10.0. The summed E-state index contributed by atoms with van der Waals surface area (Å²) in [6.45, 7) is 6.85. The third kappa shape index (κ3) is 40.3. The fourth-order valence-corrected chi connectivity index (χ4v) is 4.74. The van der Waals surface area contributed by atoms with Crippen molar-refractivity contribution in [3.05, 3.63) is 0 Å². The van der Waals surface area contributed by atoms with Gasteiger partial charge in [0.2, 0.25) is 0 Å². The summed E-state index contributed by atoms with van der Waals surface area (Å²) < 4.78 is 37.3. The summed E-state index contributed by atoms with van der Waals surface area (Å²) >= 11 is 0. The van der Waals surface area contributed by atoms with Crippen molar-refractivity contribution in [1.29, 1.82) is 0 Å². The maximum Gasteiger partial charge on any atom is 0.305 e. The summed E-state index contributed by atoms with van der Waals surface area (Å²) in [7, 11) is 0. The number of esters is 2. The van der Waals surface area contributed by atoms with Crippen molar-refractivity contribution < 1.29 is 52.6 Å². The first-order chi connectivity index (χ1) is 23.1. The largest absolute Gasteiger partial charge is 0.481 e. The molecule has 0 saturated carbocycles. The van der Waals surface area contributed by atoms with E-state index in [1.165, 1.54) is 83.5 Å². The van der Waals surface area contributed by atoms with Crippen molar-refractivity contribution in [2.45, 2.75) is 135 Å². The van der Waals surface area contributed by atoms with E-state index in [9.17, 15) is 14.4 Å². The van der Waals surface area contributed by atoms with E-state index in [1.807, 2.05) is 0 Å². The summed E-state index contributed by atoms with van der Waals surface area (Å²) in [5.74, 6) is -1.35. The van der Waals surface area contributed by atoms with Crippen molar-refractivity contribution in [1.82, 2.24) is 0 Å². The molecule has 0 bridgehead atoms. The van der Waals surface area contributed by atoms with Crippen LogP contribution in [0.4, 0.5) is 0 Å². The number of carboxylic acids is 1. The van der Waals surface area contributed by atoms with Crippen LogP contribution in [0.5, 0.6) is 0 Å². The number of hydrogen-bond donors (Lipinski definition) is 1. The van der Waals surface area contributed by atoms with Gasteiger partial charge in [0.25, 0.3) is 0 Å². The molecule has 1 N–H and O–H groups in total. The van der Waals surface area contributed by atoms with Crippen LogP contribution in [-0.4, -0.2) is 102 Å². The highest BCUT2D eigenvalue weighted by molar-refractivity contribution is 5.70. The molecule has 47 heavy (non-hydrogen) atoms. The minimum atomic E-state index is -0.861. The number of aliphatic carboxylic acids is 1. The summed E-state index contributed by atoms with van der Waals surface area (Å²) in [6, 6.07) is 0. The highest BCUT2D eigenvalue weighted by atomic mass is 16.6. The molecule has 0 aromatic carbocycles. The van der Waals surface area contributed by atoms with Gasteiger partial charge in [-0.15, -0.1) is 0 Å². The Hall–Kier alpha value is -1.79. The molecule has 11 heteroatoms. The Balaban J connectivity index is 3.19. The maximum atomic E-state index is 11.9. The van der Waals surface area contributed by atoms with Gasteiger partial charge in [-0.3, -0.25) is 14.4 Å². The molecule has 0 rings (SSSR count). The molecule has 278 valence electrons. The molecule has 0 aromatic heterocycles. The molecule has 0 amide bonds. The van der Waals surface area contributed by atoms with Crippen LogP contribution >= 0.6 is 0 Å². The van der Waals surface area contributed by atoms with Gasteiger partial charge < -0.3 is 38.3 Å². The number of carbonyl (C=O) groups is 3. The highest BCUT2D eigenvalue weighted by Crippen LogP contribution is 2.14. The van der Waals surface area contributed by atoms with E-state index in [0.29, 0.717) is 78.7 Å². The van der Waals surface area contributed by atoms with Crippen LogP contribution in [0.1, 0.15) is 135 Å². The first-order valence-electron chi connectivity index (χ1n) is 18.5. The van der Waals surface area contributed by atoms with Crippen LogP contribution < -0.4 is 0 Å². The molecule has 0 saturated heterocycles. The van der Waals surface area contributed by atoms with E-state index in [1.54, 1.807) is 0 Å². The molecule has 0 aliphatic rings. The van der Waals surface area contributed by atoms with Gasteiger partial charge in [-0.05, 0) is 19.3 Å². The molecular formula is C36H68O11. The summed E-state index contributed by atoms with van der Waals surface area (Å²) in [5, 5.41) is 8.55. The Morgan fingerprint density at radius 3 is 0.936 bits per heavy atom. The zero-order chi connectivity index (χ0) is 34.3. The van der Waals surface area contributed by atoms with E-state index < -0.39 is 5.97 Å². The van der Waals surface area contributed by atoms with E-state index in [-0.39, 0.29) is 44.6 Å². The van der Waals surface area contributed by atoms with E-state index in [0.717, 1.165) is 12.8 Å². The van der Waals surface area contributed by atoms with E-state index in [4.69, 9.17) is 38.3 Å². The Morgan fingerprint density at radius 2 is 0.617 bits per heavy atom. The van der Waals surface area contributed by atoms with Crippen molar-refractivity contribution in [2.24, 2.45) is 0 Å². The van der Waals surface area contributed by atoms with Gasteiger partial charge >= 0.3 is 17.9 Å². The Labute approximate surface area is 285 Å². The van der Waals surface area contributed by atoms with Crippen LogP contribution in [0.3, 0.4) is 0 Å². The highest BCUT2D eigenvalue weighted by Gasteiger charge is 2.05. The van der Waals surface area contributed by atoms with Gasteiger partial charge in [0.1, 0.15) is 13.2 Å². The molecule has 0 fully saturated rings. The first kappa shape index (κ1) is 45.2. The third-order valence-electron chi connectivity index (χ3n) is 7.48. The SMILES string of the molecule is CCCCCCCCCCCCCCCCCC(=O)OCCOCCOCCOCCOCCOCCOC(=O)CCCCC(=O)O. The maximum absolute atomic E-state index is 11.9. The second-order valence-corrected chi connectivity index (χ2v) is 11.8. The number of unbranched alkanes of at least 4 members (excludes halogenated alkanes) is 15. The van der Waals surface area contributed by atoms with Crippen LogP contribution in [-0.2, 0) is 47.5 Å². The standard InChI is InChI=1S/C36H68O11/c1-2-3-4-5-6-7-8-9-10-11-12-13-14-15-16-20-35(39)46-32-30-44-28-26-42-24-22-41-23-25-43-27-29-45-31-33-47-36(40)21-18-17-19-34(37)38/h2-33H2,1H3,(H,37,38). The molecule has 0 radical (unpaired) electrons. The minimum Gasteiger partial charge on any atom is -0.481 e. The monoisotopic (exact) mass is 676 g/mol. The van der Waals surface area contributed by atoms with Crippen LogP contribution in [0.2, 0.25) is 0 Å². The lowest BCUT2D eigenvalue weighted by Crippen LogP contribution is -2.15. The van der Waals surface area contributed by atoms with Crippen molar-refractivity contribution in [3.8, 4) is 0 Å². The van der Waals surface area contributed by atoms with Gasteiger partial charge in [0, 0.05) is 19.3 Å². The zero-order valence-corrected chi connectivity index (χ0v) is 29.7. The summed E-state index contributed by atoms with van der Waals surface area (Å²) in [6.07, 6.45) is 21.4. The predicted octanol–water partition coefficient (Wildman–Crippen LogP) is 7.06. The Bertz CT molecular complexity index is 690. The molecule has 0 aromatic rings. The van der Waals surface area contributed by atoms with E-state index in [2.05, 4.69) is 6.92 Å².